The third-order valence-corrected chi connectivity index (χ3v) is 6.14. The van der Waals surface area contributed by atoms with Gasteiger partial charge in [-0.1, -0.05) is 72.5 Å². The van der Waals surface area contributed by atoms with Crippen LogP contribution in [0.25, 0.3) is 6.08 Å². The molecule has 1 aliphatic rings. The van der Waals surface area contributed by atoms with Crippen molar-refractivity contribution in [1.29, 1.82) is 0 Å². The minimum atomic E-state index is -0.187. The summed E-state index contributed by atoms with van der Waals surface area (Å²) >= 11 is 6.73. The molecule has 0 unspecified atom stereocenters. The number of ether oxygens (including phenoxy) is 3. The number of para-hydroxylation sites is 2. The van der Waals surface area contributed by atoms with Crippen LogP contribution < -0.4 is 19.1 Å². The SMILES string of the molecule is COc1cc(C=C2SC(=S)N(c3ccccc3OC)C2=O)ccc1OCc1ccccc1. The van der Waals surface area contributed by atoms with Crippen molar-refractivity contribution >= 4 is 46.0 Å². The number of benzene rings is 3. The van der Waals surface area contributed by atoms with Crippen LogP contribution in [-0.4, -0.2) is 24.4 Å². The van der Waals surface area contributed by atoms with Crippen LogP contribution in [0.15, 0.2) is 77.7 Å². The van der Waals surface area contributed by atoms with Crippen molar-refractivity contribution in [1.82, 2.24) is 0 Å². The third kappa shape index (κ3) is 4.64. The van der Waals surface area contributed by atoms with Gasteiger partial charge in [-0.25, -0.2) is 0 Å². The van der Waals surface area contributed by atoms with Gasteiger partial charge in [0.15, 0.2) is 15.8 Å². The molecule has 0 N–H and O–H groups in total. The van der Waals surface area contributed by atoms with Crippen LogP contribution in [-0.2, 0) is 11.4 Å². The molecule has 32 heavy (non-hydrogen) atoms. The van der Waals surface area contributed by atoms with Crippen LogP contribution >= 0.6 is 24.0 Å². The molecular formula is C25H21NO4S2. The fourth-order valence-electron chi connectivity index (χ4n) is 3.27. The van der Waals surface area contributed by atoms with Crippen LogP contribution in [0.3, 0.4) is 0 Å². The Morgan fingerprint density at radius 2 is 1.62 bits per heavy atom. The van der Waals surface area contributed by atoms with Gasteiger partial charge >= 0.3 is 0 Å². The van der Waals surface area contributed by atoms with Gasteiger partial charge in [-0.3, -0.25) is 9.69 Å². The van der Waals surface area contributed by atoms with E-state index in [2.05, 4.69) is 0 Å². The average molecular weight is 464 g/mol. The van der Waals surface area contributed by atoms with E-state index in [1.54, 1.807) is 26.4 Å². The number of hydrogen-bond donors (Lipinski definition) is 0. The average Bonchev–Trinajstić information content (AvgIpc) is 3.11. The van der Waals surface area contributed by atoms with Crippen molar-refractivity contribution in [3.05, 3.63) is 88.8 Å². The molecule has 1 heterocycles. The van der Waals surface area contributed by atoms with E-state index in [0.29, 0.717) is 38.8 Å². The van der Waals surface area contributed by atoms with Crippen molar-refractivity contribution in [2.24, 2.45) is 0 Å². The summed E-state index contributed by atoms with van der Waals surface area (Å²) in [5, 5.41) is 0. The number of carbonyl (C=O) groups is 1. The number of hydrogen-bond acceptors (Lipinski definition) is 6. The predicted molar refractivity (Wildman–Crippen MR) is 132 cm³/mol. The van der Waals surface area contributed by atoms with Crippen LogP contribution in [0, 0.1) is 0 Å². The van der Waals surface area contributed by atoms with Gasteiger partial charge < -0.3 is 14.2 Å². The second-order valence-electron chi connectivity index (χ2n) is 6.87. The highest BCUT2D eigenvalue weighted by molar-refractivity contribution is 8.27. The van der Waals surface area contributed by atoms with Gasteiger partial charge in [0.05, 0.1) is 24.8 Å². The molecule has 0 atom stereocenters. The summed E-state index contributed by atoms with van der Waals surface area (Å²) in [7, 11) is 3.16. The van der Waals surface area contributed by atoms with E-state index in [0.717, 1.165) is 11.1 Å². The fourth-order valence-corrected chi connectivity index (χ4v) is 4.55. The quantitative estimate of drug-likeness (QED) is 0.331. The summed E-state index contributed by atoms with van der Waals surface area (Å²) < 4.78 is 17.3. The maximum atomic E-state index is 13.1. The molecule has 3 aromatic rings. The molecule has 162 valence electrons. The molecule has 1 fully saturated rings. The van der Waals surface area contributed by atoms with Crippen molar-refractivity contribution in [3.8, 4) is 17.2 Å². The maximum absolute atomic E-state index is 13.1. The van der Waals surface area contributed by atoms with E-state index in [4.69, 9.17) is 26.4 Å². The first kappa shape index (κ1) is 21.9. The number of amides is 1. The standard InChI is InChI=1S/C25H21NO4S2/c1-28-20-11-7-6-10-19(20)26-24(27)23(32-25(26)31)15-18-12-13-21(22(14-18)29-2)30-16-17-8-4-3-5-9-17/h3-15H,16H2,1-2H3. The summed E-state index contributed by atoms with van der Waals surface area (Å²) in [6.45, 7) is 0.439. The van der Waals surface area contributed by atoms with Crippen molar-refractivity contribution in [2.45, 2.75) is 6.61 Å². The molecule has 0 bridgehead atoms. The molecule has 0 radical (unpaired) electrons. The predicted octanol–water partition coefficient (Wildman–Crippen LogP) is 5.69. The largest absolute Gasteiger partial charge is 0.495 e. The smallest absolute Gasteiger partial charge is 0.270 e. The Bertz CT molecular complexity index is 1180. The second kappa shape index (κ2) is 9.89. The van der Waals surface area contributed by atoms with Crippen LogP contribution in [0.5, 0.6) is 17.2 Å². The highest BCUT2D eigenvalue weighted by Gasteiger charge is 2.34. The summed E-state index contributed by atoms with van der Waals surface area (Å²) in [4.78, 5) is 15.1. The molecule has 3 aromatic carbocycles. The molecule has 0 aromatic heterocycles. The van der Waals surface area contributed by atoms with Gasteiger partial charge in [-0.15, -0.1) is 0 Å². The number of thioether (sulfide) groups is 1. The number of nitrogens with zero attached hydrogens (tertiary/aromatic N) is 1. The van der Waals surface area contributed by atoms with Crippen molar-refractivity contribution < 1.29 is 19.0 Å². The Balaban J connectivity index is 1.55. The van der Waals surface area contributed by atoms with E-state index >= 15 is 0 Å². The lowest BCUT2D eigenvalue weighted by atomic mass is 10.1. The maximum Gasteiger partial charge on any atom is 0.270 e. The zero-order valence-corrected chi connectivity index (χ0v) is 19.2. The third-order valence-electron chi connectivity index (χ3n) is 4.84. The molecule has 1 aliphatic heterocycles. The van der Waals surface area contributed by atoms with Crippen LogP contribution in [0.4, 0.5) is 5.69 Å². The Morgan fingerprint density at radius 1 is 0.906 bits per heavy atom. The zero-order chi connectivity index (χ0) is 22.5. The van der Waals surface area contributed by atoms with E-state index < -0.39 is 0 Å². The topological polar surface area (TPSA) is 48.0 Å². The molecule has 0 aliphatic carbocycles. The minimum absolute atomic E-state index is 0.187. The lowest BCUT2D eigenvalue weighted by molar-refractivity contribution is -0.113. The summed E-state index contributed by atoms with van der Waals surface area (Å²) in [6, 6.07) is 22.8. The Hall–Kier alpha value is -3.29. The van der Waals surface area contributed by atoms with E-state index in [9.17, 15) is 4.79 Å². The van der Waals surface area contributed by atoms with Gasteiger partial charge in [-0.2, -0.15) is 0 Å². The fraction of sp³-hybridized carbons (Fsp3) is 0.120. The normalized spacial score (nSPS) is 14.7. The van der Waals surface area contributed by atoms with E-state index in [-0.39, 0.29) is 5.91 Å². The molecule has 7 heteroatoms. The number of carbonyl (C=O) groups excluding carboxylic acids is 1. The number of thiocarbonyl (C=S) groups is 1. The molecule has 0 spiro atoms. The highest BCUT2D eigenvalue weighted by atomic mass is 32.2. The lowest BCUT2D eigenvalue weighted by Gasteiger charge is -2.17. The molecule has 4 rings (SSSR count). The van der Waals surface area contributed by atoms with Crippen LogP contribution in [0.1, 0.15) is 11.1 Å². The van der Waals surface area contributed by atoms with Gasteiger partial charge in [0.1, 0.15) is 12.4 Å². The highest BCUT2D eigenvalue weighted by Crippen LogP contribution is 2.40. The van der Waals surface area contributed by atoms with Gasteiger partial charge in [0.25, 0.3) is 5.91 Å². The van der Waals surface area contributed by atoms with Gasteiger partial charge in [-0.05, 0) is 41.5 Å². The van der Waals surface area contributed by atoms with Crippen LogP contribution in [0.2, 0.25) is 0 Å². The number of methoxy groups -OCH3 is 2. The molecule has 0 saturated carbocycles. The molecular weight excluding hydrogens is 442 g/mol. The first-order valence-electron chi connectivity index (χ1n) is 9.86. The van der Waals surface area contributed by atoms with Crippen molar-refractivity contribution in [3.63, 3.8) is 0 Å². The minimum Gasteiger partial charge on any atom is -0.495 e. The van der Waals surface area contributed by atoms with E-state index in [1.807, 2.05) is 66.7 Å². The Kier molecular flexibility index (Phi) is 6.78. The van der Waals surface area contributed by atoms with Gasteiger partial charge in [0, 0.05) is 0 Å². The molecule has 1 amide bonds. The Labute approximate surface area is 196 Å². The number of rotatable bonds is 7. The monoisotopic (exact) mass is 463 g/mol. The van der Waals surface area contributed by atoms with Gasteiger partial charge in [0.2, 0.25) is 0 Å². The number of anilines is 1. The van der Waals surface area contributed by atoms with Crippen molar-refractivity contribution in [2.75, 3.05) is 19.1 Å². The second-order valence-corrected chi connectivity index (χ2v) is 8.55. The summed E-state index contributed by atoms with van der Waals surface area (Å²) in [5.41, 5.74) is 2.51. The first-order valence-corrected chi connectivity index (χ1v) is 11.1. The molecule has 5 nitrogen and oxygen atoms in total. The molecule has 1 saturated heterocycles. The zero-order valence-electron chi connectivity index (χ0n) is 17.6. The lowest BCUT2D eigenvalue weighted by Crippen LogP contribution is -2.27. The first-order chi connectivity index (χ1) is 15.6. The summed E-state index contributed by atoms with van der Waals surface area (Å²) in [6.07, 6.45) is 1.80. The Morgan fingerprint density at radius 3 is 2.38 bits per heavy atom. The summed E-state index contributed by atoms with van der Waals surface area (Å²) in [5.74, 6) is 1.63. The van der Waals surface area contributed by atoms with E-state index in [1.165, 1.54) is 16.7 Å².